The molecule has 4 fully saturated rings. The molecule has 20 rings (SSSR count). The summed E-state index contributed by atoms with van der Waals surface area (Å²) in [5.74, 6) is 1.28. The lowest BCUT2D eigenvalue weighted by Gasteiger charge is -2.33. The number of aromatic nitrogens is 12. The first-order chi connectivity index (χ1) is 62.7. The Morgan fingerprint density at radius 1 is 0.346 bits per heavy atom. The summed E-state index contributed by atoms with van der Waals surface area (Å²) in [7, 11) is -3.85. The lowest BCUT2D eigenvalue weighted by molar-refractivity contribution is -0.131. The number of piperazine rings is 4. The highest BCUT2D eigenvalue weighted by Crippen LogP contribution is 2.37. The number of hydrogen-bond acceptors (Lipinski definition) is 31. The minimum atomic E-state index is -3.85. The van der Waals surface area contributed by atoms with Gasteiger partial charge in [-0.2, -0.15) is 0 Å². The molecular weight excluding hydrogens is 1750 g/mol. The summed E-state index contributed by atoms with van der Waals surface area (Å²) in [6.07, 6.45) is 6.97. The Kier molecular flexibility index (Phi) is 25.8. The summed E-state index contributed by atoms with van der Waals surface area (Å²) in [5.41, 5.74) is 14.1. The number of nitrogens with one attached hydrogen (secondary N) is 7. The Balaban J connectivity index is 0.000000122. The van der Waals surface area contributed by atoms with Gasteiger partial charge in [-0.15, -0.1) is 45.3 Å². The number of hydrogen-bond donors (Lipinski definition) is 8. The van der Waals surface area contributed by atoms with Crippen molar-refractivity contribution in [1.29, 1.82) is 0 Å². The number of nitrogens with zero attached hydrogens (tertiary/aromatic N) is 18. The van der Waals surface area contributed by atoms with Crippen molar-refractivity contribution in [2.45, 2.75) is 53.4 Å². The standard InChI is InChI=1S/C24H24N6O2S.C22H21N7O4S2.C22H21N7O2S.C22H22N6OS/c1-14-10-15(2)12-18(11-14)26-24-25-13-17-4-5-19-21(20(17)28-24)33-22(27-19)23(32)30-8-6-29(7-9-30)16(3)31;1-13(30)28-7-9-29(10-8-28)21(31)20-26-19-17(34-20)6-5-14-12-24-22(27-18(14)19)25-15-3-2-4-16(11-15)35(23,32)33;1-13(30)25-15-3-2-4-16(11-15)26-22-24-12-14-5-6-17-19(18(14)28-22)32-20(27-17)21(31)29-9-7-23-8-10-29;1-13-9-14(2)11-16(10-13)25-22-24-12-15-3-4-17-19(18(15)27-22)26-20(30-17)21(29)28-7-5-23-6-8-28/h4-5,10-13H,6-9H2,1-3H3,(H,25,26,28);2-6,11-12H,7-10H2,1H3,(H2,23,32,33)(H,24,25,27);2-6,11-12,23H,7-10H2,1H3,(H,25,30)(H,24,26,28);3-4,9-12,23H,5-8H2,1-2H3,(H,24,25,27). The van der Waals surface area contributed by atoms with Gasteiger partial charge in [-0.3, -0.25) is 33.6 Å². The normalized spacial score (nSPS) is 14.2. The van der Waals surface area contributed by atoms with Gasteiger partial charge in [0.15, 0.2) is 20.0 Å². The van der Waals surface area contributed by atoms with E-state index >= 15 is 0 Å². The summed E-state index contributed by atoms with van der Waals surface area (Å²) in [6.45, 7) is 22.9. The molecule has 662 valence electrons. The average Bonchev–Trinajstić information content (AvgIpc) is 1.61. The second kappa shape index (κ2) is 38.1. The molecule has 0 atom stereocenters. The molecule has 4 aliphatic heterocycles. The molecule has 16 aromatic rings. The van der Waals surface area contributed by atoms with E-state index in [2.05, 4.69) is 146 Å². The number of carbonyl (C=O) groups excluding carboxylic acids is 7. The maximum atomic E-state index is 13.1. The van der Waals surface area contributed by atoms with Crippen LogP contribution in [0.5, 0.6) is 0 Å². The lowest BCUT2D eigenvalue weighted by atomic mass is 10.1. The molecule has 0 bridgehead atoms. The molecule has 0 unspecified atom stereocenters. The zero-order valence-electron chi connectivity index (χ0n) is 71.7. The number of fused-ring (bicyclic) bond motifs is 12. The van der Waals surface area contributed by atoms with Crippen molar-refractivity contribution in [2.75, 3.05) is 131 Å². The maximum absolute atomic E-state index is 13.1. The molecule has 8 aromatic heterocycles. The van der Waals surface area contributed by atoms with Gasteiger partial charge in [-0.1, -0.05) is 24.3 Å². The molecular formula is C90H88N26O9S5. The zero-order chi connectivity index (χ0) is 90.6. The van der Waals surface area contributed by atoms with E-state index in [1.807, 2.05) is 82.6 Å². The second-order valence-corrected chi connectivity index (χ2v) is 37.1. The van der Waals surface area contributed by atoms with E-state index in [1.165, 1.54) is 82.5 Å². The van der Waals surface area contributed by atoms with Gasteiger partial charge in [0.1, 0.15) is 22.1 Å². The lowest BCUT2D eigenvalue weighted by Crippen LogP contribution is -2.50. The Morgan fingerprint density at radius 3 is 1.06 bits per heavy atom. The van der Waals surface area contributed by atoms with Crippen LogP contribution in [0.25, 0.3) is 84.5 Å². The fourth-order valence-corrected chi connectivity index (χ4v) is 20.0. The number of rotatable bonds is 14. The Hall–Kier alpha value is -14.0. The van der Waals surface area contributed by atoms with Gasteiger partial charge in [0.2, 0.25) is 51.5 Å². The summed E-state index contributed by atoms with van der Waals surface area (Å²) in [6, 6.07) is 41.2. The van der Waals surface area contributed by atoms with Crippen molar-refractivity contribution in [3.05, 3.63) is 201 Å². The highest BCUT2D eigenvalue weighted by atomic mass is 32.2. The monoisotopic (exact) mass is 1840 g/mol. The summed E-state index contributed by atoms with van der Waals surface area (Å²) >= 11 is 5.43. The Bertz CT molecular complexity index is 7220. The average molecular weight is 1840 g/mol. The number of aryl methyl sites for hydroxylation is 4. The third-order valence-corrected chi connectivity index (χ3v) is 26.9. The molecule has 7 amide bonds. The molecule has 4 aliphatic rings. The van der Waals surface area contributed by atoms with Crippen LogP contribution in [-0.2, 0) is 24.4 Å². The molecule has 0 spiro atoms. The van der Waals surface area contributed by atoms with Gasteiger partial charge < -0.3 is 66.6 Å². The van der Waals surface area contributed by atoms with Crippen LogP contribution in [0.1, 0.15) is 82.2 Å². The van der Waals surface area contributed by atoms with Gasteiger partial charge in [0.05, 0.1) is 45.8 Å². The molecule has 9 N–H and O–H groups in total. The summed E-state index contributed by atoms with van der Waals surface area (Å²) in [5, 5.41) is 32.5. The third-order valence-electron chi connectivity index (χ3n) is 21.8. The smallest absolute Gasteiger partial charge is 0.282 e. The summed E-state index contributed by atoms with van der Waals surface area (Å²) in [4.78, 5) is 152. The van der Waals surface area contributed by atoms with Crippen LogP contribution < -0.4 is 42.4 Å². The van der Waals surface area contributed by atoms with Gasteiger partial charge in [0, 0.05) is 200 Å². The number of thiazole rings is 4. The highest BCUT2D eigenvalue weighted by molar-refractivity contribution is 7.89. The van der Waals surface area contributed by atoms with E-state index in [-0.39, 0.29) is 52.2 Å². The molecule has 4 saturated heterocycles. The van der Waals surface area contributed by atoms with Crippen molar-refractivity contribution in [1.82, 2.24) is 99.8 Å². The van der Waals surface area contributed by atoms with E-state index < -0.39 is 10.0 Å². The van der Waals surface area contributed by atoms with Crippen LogP contribution in [-0.4, -0.2) is 244 Å². The second-order valence-electron chi connectivity index (χ2n) is 31.5. The third kappa shape index (κ3) is 20.3. The molecule has 8 aromatic carbocycles. The van der Waals surface area contributed by atoms with Crippen LogP contribution in [0.2, 0.25) is 0 Å². The number of anilines is 9. The van der Waals surface area contributed by atoms with Crippen LogP contribution in [0, 0.1) is 27.7 Å². The number of benzene rings is 8. The largest absolute Gasteiger partial charge is 0.339 e. The van der Waals surface area contributed by atoms with Gasteiger partial charge >= 0.3 is 0 Å². The fourth-order valence-electron chi connectivity index (χ4n) is 15.5. The van der Waals surface area contributed by atoms with Crippen molar-refractivity contribution in [2.24, 2.45) is 5.14 Å². The van der Waals surface area contributed by atoms with Crippen molar-refractivity contribution in [3.63, 3.8) is 0 Å². The minimum absolute atomic E-state index is 0.00373. The number of primary sulfonamides is 1. The van der Waals surface area contributed by atoms with Crippen LogP contribution in [0.4, 0.5) is 52.2 Å². The van der Waals surface area contributed by atoms with E-state index in [0.29, 0.717) is 139 Å². The van der Waals surface area contributed by atoms with Crippen molar-refractivity contribution >= 4 is 233 Å². The fraction of sp³-hybridized carbons (Fsp3) is 0.256. The molecule has 0 radical (unpaired) electrons. The number of sulfonamides is 1. The van der Waals surface area contributed by atoms with Crippen molar-refractivity contribution < 1.29 is 42.0 Å². The highest BCUT2D eigenvalue weighted by Gasteiger charge is 2.31. The minimum Gasteiger partial charge on any atom is -0.339 e. The molecule has 12 heterocycles. The topological polar surface area (TPSA) is 438 Å². The first-order valence-corrected chi connectivity index (χ1v) is 46.6. The van der Waals surface area contributed by atoms with Gasteiger partial charge in [0.25, 0.3) is 23.6 Å². The predicted octanol–water partition coefficient (Wildman–Crippen LogP) is 12.5. The quantitative estimate of drug-likeness (QED) is 0.0501. The molecule has 40 heteroatoms. The predicted molar refractivity (Wildman–Crippen MR) is 508 cm³/mol. The van der Waals surface area contributed by atoms with E-state index in [9.17, 15) is 42.0 Å². The number of amides is 7. The molecule has 0 aliphatic carbocycles. The van der Waals surface area contributed by atoms with Crippen LogP contribution in [0.3, 0.4) is 0 Å². The Morgan fingerprint density at radius 2 is 0.677 bits per heavy atom. The number of nitrogens with two attached hydrogens (primary N) is 1. The number of carbonyl (C=O) groups is 7. The summed E-state index contributed by atoms with van der Waals surface area (Å²) < 4.78 is 26.8. The van der Waals surface area contributed by atoms with Crippen LogP contribution >= 0.6 is 45.3 Å². The van der Waals surface area contributed by atoms with Crippen LogP contribution in [0.15, 0.2) is 163 Å². The zero-order valence-corrected chi connectivity index (χ0v) is 75.7. The molecule has 35 nitrogen and oxygen atoms in total. The van der Waals surface area contributed by atoms with Crippen molar-refractivity contribution in [3.8, 4) is 0 Å². The molecule has 130 heavy (non-hydrogen) atoms. The van der Waals surface area contributed by atoms with E-state index in [4.69, 9.17) is 20.1 Å². The SMILES string of the molecule is CC(=O)N1CCN(C(=O)c2nc3c(ccc4cnc(Nc5cccc(S(N)(=O)=O)c5)nc43)s2)CC1.CC(=O)N1CCN(C(=O)c2nc3ccc4cnc(Nc5cc(C)cc(C)c5)nc4c3s2)CC1.CC(=O)Nc1cccc(Nc2ncc3ccc4nc(C(=O)N5CCNCC5)sc4c3n2)c1.Cc1cc(C)cc(Nc2ncc3ccc4sc(C(=O)N5CCNCC5)nc4c3n2)c1. The van der Waals surface area contributed by atoms with Gasteiger partial charge in [-0.25, -0.2) is 73.4 Å². The van der Waals surface area contributed by atoms with Gasteiger partial charge in [-0.05, 0) is 159 Å². The van der Waals surface area contributed by atoms with E-state index in [1.54, 1.807) is 63.4 Å². The first-order valence-electron chi connectivity index (χ1n) is 41.8. The van der Waals surface area contributed by atoms with E-state index in [0.717, 1.165) is 128 Å². The molecule has 0 saturated carbocycles. The maximum Gasteiger partial charge on any atom is 0.282 e. The first kappa shape index (κ1) is 88.0. The Labute approximate surface area is 760 Å².